The molecule has 1 aliphatic rings. The first-order chi connectivity index (χ1) is 13.1. The molecule has 0 aliphatic carbocycles. The lowest BCUT2D eigenvalue weighted by molar-refractivity contribution is -0.131. The Morgan fingerprint density at radius 1 is 1.07 bits per heavy atom. The second kappa shape index (κ2) is 8.71. The Kier molecular flexibility index (Phi) is 6.12. The van der Waals surface area contributed by atoms with Crippen molar-refractivity contribution in [3.05, 3.63) is 65.2 Å². The second-order valence-corrected chi connectivity index (χ2v) is 6.93. The van der Waals surface area contributed by atoms with Crippen LogP contribution in [0.5, 0.6) is 5.75 Å². The first-order valence-corrected chi connectivity index (χ1v) is 9.34. The number of benzene rings is 2. The Morgan fingerprint density at radius 3 is 2.44 bits per heavy atom. The van der Waals surface area contributed by atoms with Gasteiger partial charge in [0.05, 0.1) is 13.5 Å². The summed E-state index contributed by atoms with van der Waals surface area (Å²) in [7, 11) is 1.62. The number of ether oxygens (including phenoxy) is 1. The van der Waals surface area contributed by atoms with Crippen molar-refractivity contribution >= 4 is 11.8 Å². The zero-order valence-corrected chi connectivity index (χ0v) is 15.9. The fourth-order valence-electron chi connectivity index (χ4n) is 3.49. The number of carbonyl (C=O) groups excluding carboxylic acids is 2. The molecule has 1 heterocycles. The van der Waals surface area contributed by atoms with Gasteiger partial charge in [0.15, 0.2) is 0 Å². The lowest BCUT2D eigenvalue weighted by atomic mass is 10.0. The van der Waals surface area contributed by atoms with E-state index in [9.17, 15) is 9.59 Å². The number of nitrogens with one attached hydrogen (secondary N) is 1. The Bertz CT molecular complexity index is 811. The summed E-state index contributed by atoms with van der Waals surface area (Å²) in [5.74, 6) is 0.807. The fourth-order valence-corrected chi connectivity index (χ4v) is 3.49. The van der Waals surface area contributed by atoms with Crippen molar-refractivity contribution < 1.29 is 14.3 Å². The molecule has 1 fully saturated rings. The Labute approximate surface area is 160 Å². The number of likely N-dealkylation sites (tertiary alicyclic amines) is 1. The van der Waals surface area contributed by atoms with Gasteiger partial charge in [-0.05, 0) is 37.5 Å². The average Bonchev–Trinajstić information content (AvgIpc) is 2.69. The van der Waals surface area contributed by atoms with E-state index >= 15 is 0 Å². The number of aryl methyl sites for hydroxylation is 1. The van der Waals surface area contributed by atoms with E-state index in [2.05, 4.69) is 5.32 Å². The highest BCUT2D eigenvalue weighted by Crippen LogP contribution is 2.20. The van der Waals surface area contributed by atoms with E-state index in [4.69, 9.17) is 4.74 Å². The SMILES string of the molecule is COc1ccccc1CC(=O)N1CCC(NC(=O)c2ccccc2C)CC1. The van der Waals surface area contributed by atoms with Crippen LogP contribution in [-0.2, 0) is 11.2 Å². The molecular weight excluding hydrogens is 340 g/mol. The van der Waals surface area contributed by atoms with Crippen LogP contribution in [-0.4, -0.2) is 43.0 Å². The highest BCUT2D eigenvalue weighted by molar-refractivity contribution is 5.95. The normalized spacial score (nSPS) is 14.7. The molecule has 0 atom stereocenters. The van der Waals surface area contributed by atoms with E-state index in [0.29, 0.717) is 25.1 Å². The number of carbonyl (C=O) groups is 2. The maximum atomic E-state index is 12.6. The number of rotatable bonds is 5. The van der Waals surface area contributed by atoms with E-state index in [-0.39, 0.29) is 17.9 Å². The summed E-state index contributed by atoms with van der Waals surface area (Å²) in [6.45, 7) is 3.26. The van der Waals surface area contributed by atoms with Gasteiger partial charge in [-0.1, -0.05) is 36.4 Å². The lowest BCUT2D eigenvalue weighted by Gasteiger charge is -2.32. The van der Waals surface area contributed by atoms with Gasteiger partial charge >= 0.3 is 0 Å². The third-order valence-electron chi connectivity index (χ3n) is 5.11. The molecule has 0 radical (unpaired) electrons. The monoisotopic (exact) mass is 366 g/mol. The minimum atomic E-state index is -0.0353. The standard InChI is InChI=1S/C22H26N2O3/c1-16-7-3-5-9-19(16)22(26)23-18-11-13-24(14-12-18)21(25)15-17-8-4-6-10-20(17)27-2/h3-10,18H,11-15H2,1-2H3,(H,23,26). The molecule has 1 saturated heterocycles. The van der Waals surface area contributed by atoms with Crippen molar-refractivity contribution in [1.82, 2.24) is 10.2 Å². The van der Waals surface area contributed by atoms with E-state index in [1.807, 2.05) is 60.4 Å². The minimum Gasteiger partial charge on any atom is -0.496 e. The fraction of sp³-hybridized carbons (Fsp3) is 0.364. The molecule has 0 bridgehead atoms. The van der Waals surface area contributed by atoms with Gasteiger partial charge in [-0.15, -0.1) is 0 Å². The van der Waals surface area contributed by atoms with Crippen LogP contribution in [0.3, 0.4) is 0 Å². The summed E-state index contributed by atoms with van der Waals surface area (Å²) in [4.78, 5) is 26.9. The van der Waals surface area contributed by atoms with Crippen LogP contribution in [0.25, 0.3) is 0 Å². The minimum absolute atomic E-state index is 0.0353. The van der Waals surface area contributed by atoms with Crippen molar-refractivity contribution in [2.24, 2.45) is 0 Å². The van der Waals surface area contributed by atoms with Crippen LogP contribution in [0.4, 0.5) is 0 Å². The predicted octanol–water partition coefficient (Wildman–Crippen LogP) is 2.97. The van der Waals surface area contributed by atoms with Gasteiger partial charge in [-0.3, -0.25) is 9.59 Å². The molecule has 142 valence electrons. The van der Waals surface area contributed by atoms with Crippen molar-refractivity contribution in [2.45, 2.75) is 32.2 Å². The Balaban J connectivity index is 1.52. The molecule has 5 nitrogen and oxygen atoms in total. The molecule has 5 heteroatoms. The molecule has 2 amide bonds. The summed E-state index contributed by atoms with van der Waals surface area (Å²) >= 11 is 0. The van der Waals surface area contributed by atoms with Gasteiger partial charge in [0.2, 0.25) is 5.91 Å². The number of amides is 2. The van der Waals surface area contributed by atoms with Gasteiger partial charge in [0.25, 0.3) is 5.91 Å². The van der Waals surface area contributed by atoms with E-state index in [1.54, 1.807) is 7.11 Å². The predicted molar refractivity (Wildman–Crippen MR) is 105 cm³/mol. The average molecular weight is 366 g/mol. The lowest BCUT2D eigenvalue weighted by Crippen LogP contribution is -2.47. The van der Waals surface area contributed by atoms with Crippen LogP contribution < -0.4 is 10.1 Å². The smallest absolute Gasteiger partial charge is 0.251 e. The number of para-hydroxylation sites is 1. The van der Waals surface area contributed by atoms with Crippen LogP contribution in [0.15, 0.2) is 48.5 Å². The third-order valence-corrected chi connectivity index (χ3v) is 5.11. The first-order valence-electron chi connectivity index (χ1n) is 9.34. The zero-order valence-electron chi connectivity index (χ0n) is 15.9. The molecule has 0 unspecified atom stereocenters. The second-order valence-electron chi connectivity index (χ2n) is 6.93. The molecule has 0 aromatic heterocycles. The van der Waals surface area contributed by atoms with E-state index in [1.165, 1.54) is 0 Å². The number of hydrogen-bond acceptors (Lipinski definition) is 3. The van der Waals surface area contributed by atoms with Crippen molar-refractivity contribution in [1.29, 1.82) is 0 Å². The summed E-state index contributed by atoms with van der Waals surface area (Å²) in [5, 5.41) is 3.11. The van der Waals surface area contributed by atoms with Crippen LogP contribution in [0, 0.1) is 6.92 Å². The molecule has 2 aromatic carbocycles. The third kappa shape index (κ3) is 4.67. The van der Waals surface area contributed by atoms with Gasteiger partial charge in [-0.2, -0.15) is 0 Å². The van der Waals surface area contributed by atoms with E-state index < -0.39 is 0 Å². The molecule has 0 spiro atoms. The quantitative estimate of drug-likeness (QED) is 0.885. The molecule has 2 aromatic rings. The number of nitrogens with zero attached hydrogens (tertiary/aromatic N) is 1. The molecule has 1 aliphatic heterocycles. The van der Waals surface area contributed by atoms with Crippen LogP contribution >= 0.6 is 0 Å². The van der Waals surface area contributed by atoms with Gasteiger partial charge in [-0.25, -0.2) is 0 Å². The number of piperidine rings is 1. The summed E-state index contributed by atoms with van der Waals surface area (Å²) in [5.41, 5.74) is 2.59. The maximum absolute atomic E-state index is 12.6. The van der Waals surface area contributed by atoms with Gasteiger partial charge < -0.3 is 15.0 Å². The highest BCUT2D eigenvalue weighted by atomic mass is 16.5. The van der Waals surface area contributed by atoms with E-state index in [0.717, 1.165) is 29.7 Å². The number of hydrogen-bond donors (Lipinski definition) is 1. The maximum Gasteiger partial charge on any atom is 0.251 e. The largest absolute Gasteiger partial charge is 0.496 e. The molecule has 27 heavy (non-hydrogen) atoms. The molecule has 0 saturated carbocycles. The van der Waals surface area contributed by atoms with Crippen LogP contribution in [0.1, 0.15) is 34.3 Å². The number of methoxy groups -OCH3 is 1. The molecule has 1 N–H and O–H groups in total. The topological polar surface area (TPSA) is 58.6 Å². The van der Waals surface area contributed by atoms with Gasteiger partial charge in [0.1, 0.15) is 5.75 Å². The summed E-state index contributed by atoms with van der Waals surface area (Å²) in [6.07, 6.45) is 1.88. The van der Waals surface area contributed by atoms with Crippen LogP contribution in [0.2, 0.25) is 0 Å². The molecular formula is C22H26N2O3. The Morgan fingerprint density at radius 2 is 1.74 bits per heavy atom. The van der Waals surface area contributed by atoms with Crippen molar-refractivity contribution in [3.63, 3.8) is 0 Å². The zero-order chi connectivity index (χ0) is 19.2. The van der Waals surface area contributed by atoms with Crippen molar-refractivity contribution in [3.8, 4) is 5.75 Å². The first kappa shape index (κ1) is 19.0. The Hall–Kier alpha value is -2.82. The molecule has 3 rings (SSSR count). The highest BCUT2D eigenvalue weighted by Gasteiger charge is 2.25. The summed E-state index contributed by atoms with van der Waals surface area (Å²) in [6, 6.07) is 15.3. The van der Waals surface area contributed by atoms with Crippen molar-refractivity contribution in [2.75, 3.05) is 20.2 Å². The van der Waals surface area contributed by atoms with Gasteiger partial charge in [0, 0.05) is 30.3 Å². The summed E-state index contributed by atoms with van der Waals surface area (Å²) < 4.78 is 5.33.